The maximum absolute atomic E-state index is 13.1. The summed E-state index contributed by atoms with van der Waals surface area (Å²) in [4.78, 5) is 15.8. The average Bonchev–Trinajstić information content (AvgIpc) is 2.94. The summed E-state index contributed by atoms with van der Waals surface area (Å²) in [6, 6.07) is 6.23. The molecule has 2 fully saturated rings. The van der Waals surface area contributed by atoms with Crippen molar-refractivity contribution in [2.24, 2.45) is 0 Å². The Kier molecular flexibility index (Phi) is 5.09. The molecule has 0 saturated carbocycles. The van der Waals surface area contributed by atoms with Crippen LogP contribution in [0.15, 0.2) is 18.2 Å². The predicted molar refractivity (Wildman–Crippen MR) is 99.6 cm³/mol. The molecule has 0 aliphatic carbocycles. The molecule has 2 bridgehead atoms. The molecule has 0 spiro atoms. The quantitative estimate of drug-likeness (QED) is 0.770. The van der Waals surface area contributed by atoms with Gasteiger partial charge in [-0.25, -0.2) is 0 Å². The van der Waals surface area contributed by atoms with Gasteiger partial charge in [-0.15, -0.1) is 23.7 Å². The van der Waals surface area contributed by atoms with E-state index in [9.17, 15) is 4.79 Å². The summed E-state index contributed by atoms with van der Waals surface area (Å²) in [6.45, 7) is 1.87. The van der Waals surface area contributed by atoms with Crippen molar-refractivity contribution in [3.8, 4) is 0 Å². The third-order valence-corrected chi connectivity index (χ3v) is 6.55. The van der Waals surface area contributed by atoms with Crippen molar-refractivity contribution in [3.63, 3.8) is 0 Å². The van der Waals surface area contributed by atoms with Crippen molar-refractivity contribution in [1.82, 2.24) is 10.2 Å². The van der Waals surface area contributed by atoms with E-state index in [4.69, 9.17) is 23.2 Å². The number of fused-ring (bicyclic) bond motifs is 3. The Morgan fingerprint density at radius 2 is 2.00 bits per heavy atom. The normalized spacial score (nSPS) is 23.7. The van der Waals surface area contributed by atoms with Crippen molar-refractivity contribution in [2.45, 2.75) is 31.3 Å². The molecule has 23 heavy (non-hydrogen) atoms. The van der Waals surface area contributed by atoms with Crippen molar-refractivity contribution in [2.75, 3.05) is 13.1 Å². The van der Waals surface area contributed by atoms with Crippen LogP contribution in [0.25, 0.3) is 10.1 Å². The lowest BCUT2D eigenvalue weighted by molar-refractivity contribution is 0.0685. The van der Waals surface area contributed by atoms with E-state index in [1.807, 2.05) is 18.2 Å². The number of rotatable bonds is 1. The maximum Gasteiger partial charge on any atom is 0.266 e. The number of amides is 1. The molecular weight excluding hydrogens is 375 g/mol. The minimum Gasteiger partial charge on any atom is -0.331 e. The fraction of sp³-hybridized carbons (Fsp3) is 0.438. The molecule has 2 unspecified atom stereocenters. The van der Waals surface area contributed by atoms with E-state index in [1.165, 1.54) is 11.3 Å². The van der Waals surface area contributed by atoms with E-state index in [-0.39, 0.29) is 18.3 Å². The Hall–Kier alpha value is -0.520. The number of hydrogen-bond donors (Lipinski definition) is 1. The highest BCUT2D eigenvalue weighted by Crippen LogP contribution is 2.39. The summed E-state index contributed by atoms with van der Waals surface area (Å²) in [5, 5.41) is 5.58. The first kappa shape index (κ1) is 17.3. The van der Waals surface area contributed by atoms with Crippen LogP contribution in [-0.2, 0) is 0 Å². The third-order valence-electron chi connectivity index (χ3n) is 4.67. The van der Waals surface area contributed by atoms with Crippen LogP contribution in [0.1, 0.15) is 28.9 Å². The Labute approximate surface area is 155 Å². The number of carbonyl (C=O) groups excluding carboxylic acids is 1. The lowest BCUT2D eigenvalue weighted by Gasteiger charge is -2.27. The predicted octanol–water partition coefficient (Wildman–Crippen LogP) is 4.60. The average molecular weight is 392 g/mol. The van der Waals surface area contributed by atoms with Gasteiger partial charge in [0.1, 0.15) is 4.88 Å². The van der Waals surface area contributed by atoms with Gasteiger partial charge in [-0.1, -0.05) is 29.3 Å². The first-order chi connectivity index (χ1) is 10.6. The van der Waals surface area contributed by atoms with Crippen LogP contribution in [0.5, 0.6) is 0 Å². The highest BCUT2D eigenvalue weighted by atomic mass is 35.5. The molecule has 4 rings (SSSR count). The van der Waals surface area contributed by atoms with Crippen molar-refractivity contribution < 1.29 is 4.79 Å². The number of carbonyl (C=O) groups is 1. The minimum atomic E-state index is 0. The number of nitrogens with one attached hydrogen (secondary N) is 1. The molecular formula is C16H17Cl3N2OS. The third kappa shape index (κ3) is 2.96. The van der Waals surface area contributed by atoms with Gasteiger partial charge in [-0.3, -0.25) is 4.79 Å². The van der Waals surface area contributed by atoms with Gasteiger partial charge >= 0.3 is 0 Å². The fourth-order valence-electron chi connectivity index (χ4n) is 3.61. The SMILES string of the molecule is Cl.O=C(c1sc2cc(Cl)ccc2c1Cl)N1C2CCNCC1CC2. The second-order valence-corrected chi connectivity index (χ2v) is 7.84. The lowest BCUT2D eigenvalue weighted by Crippen LogP contribution is -2.42. The van der Waals surface area contributed by atoms with E-state index in [2.05, 4.69) is 10.2 Å². The molecule has 0 radical (unpaired) electrons. The Morgan fingerprint density at radius 3 is 2.83 bits per heavy atom. The smallest absolute Gasteiger partial charge is 0.266 e. The van der Waals surface area contributed by atoms with E-state index >= 15 is 0 Å². The number of thiophene rings is 1. The van der Waals surface area contributed by atoms with Gasteiger partial charge in [0.25, 0.3) is 5.91 Å². The molecule has 7 heteroatoms. The molecule has 3 nitrogen and oxygen atoms in total. The fourth-order valence-corrected chi connectivity index (χ4v) is 5.34. The van der Waals surface area contributed by atoms with Gasteiger partial charge in [0, 0.05) is 33.7 Å². The number of nitrogens with zero attached hydrogens (tertiary/aromatic N) is 1. The zero-order valence-corrected chi connectivity index (χ0v) is 15.5. The molecule has 2 aliphatic rings. The summed E-state index contributed by atoms with van der Waals surface area (Å²) < 4.78 is 0.973. The highest BCUT2D eigenvalue weighted by molar-refractivity contribution is 7.21. The van der Waals surface area contributed by atoms with E-state index in [0.717, 1.165) is 42.4 Å². The summed E-state index contributed by atoms with van der Waals surface area (Å²) in [6.07, 6.45) is 3.21. The molecule has 124 valence electrons. The Morgan fingerprint density at radius 1 is 1.22 bits per heavy atom. The second-order valence-electron chi connectivity index (χ2n) is 5.98. The molecule has 2 aromatic rings. The monoisotopic (exact) mass is 390 g/mol. The topological polar surface area (TPSA) is 32.3 Å². The first-order valence-corrected chi connectivity index (χ1v) is 9.13. The molecule has 2 saturated heterocycles. The molecule has 3 heterocycles. The summed E-state index contributed by atoms with van der Waals surface area (Å²) in [5.74, 6) is 0.0820. The van der Waals surface area contributed by atoms with E-state index in [1.54, 1.807) is 0 Å². The largest absolute Gasteiger partial charge is 0.331 e. The van der Waals surface area contributed by atoms with Gasteiger partial charge in [-0.05, 0) is 37.9 Å². The van der Waals surface area contributed by atoms with Crippen LogP contribution in [-0.4, -0.2) is 36.0 Å². The van der Waals surface area contributed by atoms with Crippen LogP contribution in [0.4, 0.5) is 0 Å². The molecule has 1 aromatic heterocycles. The van der Waals surface area contributed by atoms with Gasteiger partial charge in [0.2, 0.25) is 0 Å². The zero-order valence-electron chi connectivity index (χ0n) is 12.4. The van der Waals surface area contributed by atoms with Crippen LogP contribution in [0, 0.1) is 0 Å². The molecule has 1 aromatic carbocycles. The molecule has 1 amide bonds. The Bertz CT molecular complexity index is 734. The summed E-state index contributed by atoms with van der Waals surface area (Å²) >= 11 is 14.0. The van der Waals surface area contributed by atoms with Gasteiger partial charge in [0.15, 0.2) is 0 Å². The van der Waals surface area contributed by atoms with Crippen molar-refractivity contribution in [1.29, 1.82) is 0 Å². The highest BCUT2D eigenvalue weighted by Gasteiger charge is 2.39. The molecule has 2 atom stereocenters. The summed E-state index contributed by atoms with van der Waals surface area (Å²) in [7, 11) is 0. The molecule has 2 aliphatic heterocycles. The van der Waals surface area contributed by atoms with Crippen LogP contribution in [0.2, 0.25) is 10.0 Å². The van der Waals surface area contributed by atoms with Gasteiger partial charge in [-0.2, -0.15) is 0 Å². The van der Waals surface area contributed by atoms with E-state index in [0.29, 0.717) is 27.0 Å². The van der Waals surface area contributed by atoms with Crippen LogP contribution >= 0.6 is 46.9 Å². The standard InChI is InChI=1S/C16H16Cl2N2OS.ClH/c17-9-1-4-12-13(7-9)22-15(14(12)18)16(21)20-10-2-3-11(20)8-19-6-5-10;/h1,4,7,10-11,19H,2-3,5-6,8H2;1H. The Balaban J connectivity index is 0.00000156. The van der Waals surface area contributed by atoms with E-state index < -0.39 is 0 Å². The number of hydrogen-bond acceptors (Lipinski definition) is 3. The zero-order chi connectivity index (χ0) is 15.3. The maximum atomic E-state index is 13.1. The molecule has 1 N–H and O–H groups in total. The van der Waals surface area contributed by atoms with Gasteiger partial charge in [0.05, 0.1) is 5.02 Å². The van der Waals surface area contributed by atoms with Gasteiger partial charge < -0.3 is 10.2 Å². The van der Waals surface area contributed by atoms with Crippen LogP contribution in [0.3, 0.4) is 0 Å². The van der Waals surface area contributed by atoms with Crippen LogP contribution < -0.4 is 5.32 Å². The number of benzene rings is 1. The number of halogens is 3. The first-order valence-electron chi connectivity index (χ1n) is 7.56. The summed E-state index contributed by atoms with van der Waals surface area (Å²) in [5.41, 5.74) is 0. The van der Waals surface area contributed by atoms with Crippen molar-refractivity contribution in [3.05, 3.63) is 33.1 Å². The van der Waals surface area contributed by atoms with Crippen molar-refractivity contribution >= 4 is 62.9 Å². The second kappa shape index (κ2) is 6.77. The minimum absolute atomic E-state index is 0. The lowest BCUT2D eigenvalue weighted by atomic mass is 10.1.